The number of carboxylic acid groups (broad SMARTS) is 1. The standard InChI is InChI=1S/C7H13NO3/c1-3-4-11-5-6(8-2)7(9)10/h3-4,6,8H,5H2,1-2H3,(H,9,10)/b4-3-/t6-/m1/s1. The minimum Gasteiger partial charge on any atom is -0.499 e. The first-order valence-corrected chi connectivity index (χ1v) is 3.35. The Morgan fingerprint density at radius 2 is 2.45 bits per heavy atom. The SMILES string of the molecule is C/C=C\OC[C@@H](NC)C(=O)O. The number of ether oxygens (including phenoxy) is 1. The molecule has 0 aliphatic heterocycles. The highest BCUT2D eigenvalue weighted by molar-refractivity contribution is 5.73. The Morgan fingerprint density at radius 3 is 2.82 bits per heavy atom. The third-order valence-corrected chi connectivity index (χ3v) is 1.14. The molecule has 0 saturated heterocycles. The Bertz CT molecular complexity index is 145. The molecule has 0 fully saturated rings. The van der Waals surface area contributed by atoms with Gasteiger partial charge in [-0.15, -0.1) is 0 Å². The lowest BCUT2D eigenvalue weighted by Gasteiger charge is -2.09. The van der Waals surface area contributed by atoms with E-state index in [2.05, 4.69) is 5.32 Å². The maximum atomic E-state index is 10.4. The van der Waals surface area contributed by atoms with Crippen molar-refractivity contribution in [2.75, 3.05) is 13.7 Å². The third-order valence-electron chi connectivity index (χ3n) is 1.14. The molecule has 0 heterocycles. The molecule has 0 aromatic carbocycles. The van der Waals surface area contributed by atoms with Crippen LogP contribution in [-0.4, -0.2) is 30.8 Å². The molecule has 0 aromatic rings. The van der Waals surface area contributed by atoms with Crippen molar-refractivity contribution in [1.82, 2.24) is 5.32 Å². The van der Waals surface area contributed by atoms with E-state index in [0.717, 1.165) is 0 Å². The topological polar surface area (TPSA) is 58.6 Å². The number of hydrogen-bond donors (Lipinski definition) is 2. The third kappa shape index (κ3) is 4.38. The van der Waals surface area contributed by atoms with Gasteiger partial charge in [0.2, 0.25) is 0 Å². The summed E-state index contributed by atoms with van der Waals surface area (Å²) in [5, 5.41) is 11.1. The molecule has 0 bridgehead atoms. The van der Waals surface area contributed by atoms with Crippen LogP contribution in [-0.2, 0) is 9.53 Å². The van der Waals surface area contributed by atoms with E-state index in [9.17, 15) is 4.79 Å². The van der Waals surface area contributed by atoms with Gasteiger partial charge in [-0.25, -0.2) is 0 Å². The van der Waals surface area contributed by atoms with Gasteiger partial charge < -0.3 is 15.2 Å². The van der Waals surface area contributed by atoms with Gasteiger partial charge in [-0.05, 0) is 14.0 Å². The highest BCUT2D eigenvalue weighted by Gasteiger charge is 2.13. The molecule has 2 N–H and O–H groups in total. The molecule has 4 heteroatoms. The van der Waals surface area contributed by atoms with E-state index in [1.807, 2.05) is 0 Å². The van der Waals surface area contributed by atoms with E-state index < -0.39 is 12.0 Å². The molecule has 0 saturated carbocycles. The largest absolute Gasteiger partial charge is 0.499 e. The maximum absolute atomic E-state index is 10.4. The molecular weight excluding hydrogens is 146 g/mol. The van der Waals surface area contributed by atoms with Crippen molar-refractivity contribution in [1.29, 1.82) is 0 Å². The minimum atomic E-state index is -0.906. The summed E-state index contributed by atoms with van der Waals surface area (Å²) in [6.45, 7) is 1.95. The van der Waals surface area contributed by atoms with Gasteiger partial charge in [-0.2, -0.15) is 0 Å². The molecular formula is C7H13NO3. The van der Waals surface area contributed by atoms with Crippen molar-refractivity contribution < 1.29 is 14.6 Å². The fourth-order valence-corrected chi connectivity index (χ4v) is 0.526. The van der Waals surface area contributed by atoms with Crippen LogP contribution in [0.5, 0.6) is 0 Å². The lowest BCUT2D eigenvalue weighted by Crippen LogP contribution is -2.37. The predicted octanol–water partition coefficient (Wildman–Crippen LogP) is 0.209. The normalized spacial score (nSPS) is 13.3. The van der Waals surface area contributed by atoms with Gasteiger partial charge in [0.25, 0.3) is 0 Å². The number of allylic oxidation sites excluding steroid dienone is 1. The molecule has 0 unspecified atom stereocenters. The number of carbonyl (C=O) groups is 1. The molecule has 0 spiro atoms. The van der Waals surface area contributed by atoms with Crippen LogP contribution in [0.1, 0.15) is 6.92 Å². The summed E-state index contributed by atoms with van der Waals surface area (Å²) >= 11 is 0. The zero-order valence-corrected chi connectivity index (χ0v) is 6.70. The van der Waals surface area contributed by atoms with Gasteiger partial charge in [0.15, 0.2) is 0 Å². The van der Waals surface area contributed by atoms with E-state index in [0.29, 0.717) is 0 Å². The summed E-state index contributed by atoms with van der Waals surface area (Å²) in [7, 11) is 1.58. The van der Waals surface area contributed by atoms with Crippen molar-refractivity contribution >= 4 is 5.97 Å². The number of hydrogen-bond acceptors (Lipinski definition) is 3. The van der Waals surface area contributed by atoms with E-state index in [1.54, 1.807) is 20.0 Å². The van der Waals surface area contributed by atoms with Crippen molar-refractivity contribution in [2.45, 2.75) is 13.0 Å². The van der Waals surface area contributed by atoms with Gasteiger partial charge in [0.05, 0.1) is 6.26 Å². The van der Waals surface area contributed by atoms with Crippen molar-refractivity contribution in [3.05, 3.63) is 12.3 Å². The van der Waals surface area contributed by atoms with E-state index in [-0.39, 0.29) is 6.61 Å². The number of nitrogens with one attached hydrogen (secondary N) is 1. The number of rotatable bonds is 5. The smallest absolute Gasteiger partial charge is 0.324 e. The summed E-state index contributed by atoms with van der Waals surface area (Å²) in [6.07, 6.45) is 3.17. The van der Waals surface area contributed by atoms with Crippen LogP contribution < -0.4 is 5.32 Å². The maximum Gasteiger partial charge on any atom is 0.324 e. The zero-order chi connectivity index (χ0) is 8.69. The lowest BCUT2D eigenvalue weighted by atomic mass is 10.3. The van der Waals surface area contributed by atoms with Crippen molar-refractivity contribution in [3.63, 3.8) is 0 Å². The van der Waals surface area contributed by atoms with Gasteiger partial charge in [0.1, 0.15) is 12.6 Å². The molecule has 0 aliphatic carbocycles. The van der Waals surface area contributed by atoms with Crippen LogP contribution >= 0.6 is 0 Å². The highest BCUT2D eigenvalue weighted by Crippen LogP contribution is 1.86. The molecule has 0 aliphatic rings. The number of likely N-dealkylation sites (N-methyl/N-ethyl adjacent to an activating group) is 1. The quantitative estimate of drug-likeness (QED) is 0.563. The first-order valence-electron chi connectivity index (χ1n) is 3.35. The first-order chi connectivity index (χ1) is 5.22. The van der Waals surface area contributed by atoms with Crippen LogP contribution in [0.15, 0.2) is 12.3 Å². The monoisotopic (exact) mass is 159 g/mol. The van der Waals surface area contributed by atoms with Gasteiger partial charge >= 0.3 is 5.97 Å². The van der Waals surface area contributed by atoms with Crippen LogP contribution in [0.4, 0.5) is 0 Å². The van der Waals surface area contributed by atoms with Crippen LogP contribution in [0.3, 0.4) is 0 Å². The number of aliphatic carboxylic acids is 1. The number of carboxylic acids is 1. The van der Waals surface area contributed by atoms with Gasteiger partial charge in [0, 0.05) is 0 Å². The lowest BCUT2D eigenvalue weighted by molar-refractivity contribution is -0.140. The second kappa shape index (κ2) is 5.73. The average molecular weight is 159 g/mol. The fraction of sp³-hybridized carbons (Fsp3) is 0.571. The zero-order valence-electron chi connectivity index (χ0n) is 6.70. The van der Waals surface area contributed by atoms with Crippen molar-refractivity contribution in [2.24, 2.45) is 0 Å². The van der Waals surface area contributed by atoms with E-state index in [4.69, 9.17) is 9.84 Å². The molecule has 0 radical (unpaired) electrons. The molecule has 0 rings (SSSR count). The fourth-order valence-electron chi connectivity index (χ4n) is 0.526. The van der Waals surface area contributed by atoms with Crippen LogP contribution in [0.2, 0.25) is 0 Å². The Balaban J connectivity index is 3.61. The Labute approximate surface area is 65.9 Å². The molecule has 0 aromatic heterocycles. The average Bonchev–Trinajstić information content (AvgIpc) is 1.97. The second-order valence-electron chi connectivity index (χ2n) is 1.98. The summed E-state index contributed by atoms with van der Waals surface area (Å²) < 4.78 is 4.87. The molecule has 0 amide bonds. The van der Waals surface area contributed by atoms with Crippen molar-refractivity contribution in [3.8, 4) is 0 Å². The molecule has 1 atom stereocenters. The van der Waals surface area contributed by atoms with Crippen LogP contribution in [0.25, 0.3) is 0 Å². The minimum absolute atomic E-state index is 0.149. The van der Waals surface area contributed by atoms with E-state index >= 15 is 0 Å². The predicted molar refractivity (Wildman–Crippen MR) is 41.2 cm³/mol. The Morgan fingerprint density at radius 1 is 1.82 bits per heavy atom. The van der Waals surface area contributed by atoms with Gasteiger partial charge in [-0.3, -0.25) is 4.79 Å². The second-order valence-corrected chi connectivity index (χ2v) is 1.98. The van der Waals surface area contributed by atoms with Crippen LogP contribution in [0, 0.1) is 0 Å². The summed E-state index contributed by atoms with van der Waals surface area (Å²) in [4.78, 5) is 10.4. The molecule has 4 nitrogen and oxygen atoms in total. The highest BCUT2D eigenvalue weighted by atomic mass is 16.5. The van der Waals surface area contributed by atoms with Gasteiger partial charge in [-0.1, -0.05) is 6.08 Å². The first kappa shape index (κ1) is 9.97. The van der Waals surface area contributed by atoms with E-state index in [1.165, 1.54) is 6.26 Å². The summed E-state index contributed by atoms with van der Waals surface area (Å²) in [5.41, 5.74) is 0. The summed E-state index contributed by atoms with van der Waals surface area (Å²) in [5.74, 6) is -0.906. The molecule has 64 valence electrons. The molecule has 11 heavy (non-hydrogen) atoms. The summed E-state index contributed by atoms with van der Waals surface area (Å²) in [6, 6.07) is -0.633. The Kier molecular flexibility index (Phi) is 5.20. The Hall–Kier alpha value is -1.03.